The van der Waals surface area contributed by atoms with Gasteiger partial charge in [0.15, 0.2) is 0 Å². The van der Waals surface area contributed by atoms with Crippen LogP contribution in [0.1, 0.15) is 55.7 Å². The number of aliphatic hydroxyl groups is 1. The predicted molar refractivity (Wildman–Crippen MR) is 73.1 cm³/mol. The second-order valence-electron chi connectivity index (χ2n) is 5.77. The number of hydrogen-bond acceptors (Lipinski definition) is 3. The molecule has 0 atom stereocenters. The molecule has 1 aromatic heterocycles. The second kappa shape index (κ2) is 5.33. The number of hydrogen-bond donors (Lipinski definition) is 2. The van der Waals surface area contributed by atoms with Gasteiger partial charge in [0.25, 0.3) is 5.91 Å². The molecule has 0 aliphatic heterocycles. The molecule has 0 radical (unpaired) electrons. The van der Waals surface area contributed by atoms with Gasteiger partial charge in [0, 0.05) is 18.5 Å². The molecule has 1 fully saturated rings. The van der Waals surface area contributed by atoms with Crippen molar-refractivity contribution in [2.45, 2.75) is 46.1 Å². The van der Waals surface area contributed by atoms with Gasteiger partial charge in [0.05, 0.1) is 12.3 Å². The normalized spacial score (nSPS) is 16.7. The van der Waals surface area contributed by atoms with E-state index in [1.165, 1.54) is 0 Å². The largest absolute Gasteiger partial charge is 0.396 e. The molecule has 0 bridgehead atoms. The van der Waals surface area contributed by atoms with E-state index >= 15 is 0 Å². The van der Waals surface area contributed by atoms with Crippen molar-refractivity contribution in [2.75, 3.05) is 13.2 Å². The van der Waals surface area contributed by atoms with E-state index in [-0.39, 0.29) is 17.9 Å². The maximum absolute atomic E-state index is 12.2. The average molecular weight is 265 g/mol. The number of aryl methyl sites for hydroxylation is 1. The lowest BCUT2D eigenvalue weighted by Gasteiger charge is -2.12. The average Bonchev–Trinajstić information content (AvgIpc) is 3.05. The van der Waals surface area contributed by atoms with Crippen LogP contribution in [-0.2, 0) is 6.54 Å². The predicted octanol–water partition coefficient (Wildman–Crippen LogP) is 1.53. The van der Waals surface area contributed by atoms with Crippen molar-refractivity contribution in [3.05, 3.63) is 17.5 Å². The molecular formula is C14H23N3O2. The summed E-state index contributed by atoms with van der Waals surface area (Å²) in [6, 6.07) is 1.86. The highest BCUT2D eigenvalue weighted by Crippen LogP contribution is 2.44. The zero-order valence-electron chi connectivity index (χ0n) is 11.9. The molecule has 1 amide bonds. The number of carbonyl (C=O) groups excluding carboxylic acids is 1. The van der Waals surface area contributed by atoms with Crippen LogP contribution < -0.4 is 5.32 Å². The molecule has 1 aliphatic rings. The van der Waals surface area contributed by atoms with Crippen molar-refractivity contribution in [3.8, 4) is 0 Å². The standard InChI is InChI=1S/C14H23N3O2/c1-4-17-12(7-11(16-17)10(2)3)13(19)15-8-14(9-18)5-6-14/h7,10,18H,4-6,8-9H2,1-3H3,(H,15,19). The van der Waals surface area contributed by atoms with Crippen LogP contribution in [0.25, 0.3) is 0 Å². The Morgan fingerprint density at radius 1 is 1.58 bits per heavy atom. The molecule has 2 rings (SSSR count). The van der Waals surface area contributed by atoms with Gasteiger partial charge in [0.2, 0.25) is 0 Å². The lowest BCUT2D eigenvalue weighted by molar-refractivity contribution is 0.0924. The van der Waals surface area contributed by atoms with Crippen LogP contribution >= 0.6 is 0 Å². The smallest absolute Gasteiger partial charge is 0.269 e. The quantitative estimate of drug-likeness (QED) is 0.819. The Morgan fingerprint density at radius 2 is 2.26 bits per heavy atom. The van der Waals surface area contributed by atoms with Gasteiger partial charge in [-0.05, 0) is 31.7 Å². The van der Waals surface area contributed by atoms with E-state index in [1.807, 2.05) is 13.0 Å². The highest BCUT2D eigenvalue weighted by atomic mass is 16.3. The summed E-state index contributed by atoms with van der Waals surface area (Å²) in [5, 5.41) is 16.6. The fourth-order valence-electron chi connectivity index (χ4n) is 2.07. The number of carbonyl (C=O) groups is 1. The van der Waals surface area contributed by atoms with Gasteiger partial charge in [-0.25, -0.2) is 0 Å². The van der Waals surface area contributed by atoms with Crippen molar-refractivity contribution in [1.29, 1.82) is 0 Å². The molecule has 1 aromatic rings. The third-order valence-corrected chi connectivity index (χ3v) is 3.84. The summed E-state index contributed by atoms with van der Waals surface area (Å²) < 4.78 is 1.74. The van der Waals surface area contributed by atoms with E-state index in [0.29, 0.717) is 24.7 Å². The first-order chi connectivity index (χ1) is 9.01. The molecule has 2 N–H and O–H groups in total. The van der Waals surface area contributed by atoms with E-state index in [0.717, 1.165) is 18.5 Å². The molecule has 5 nitrogen and oxygen atoms in total. The van der Waals surface area contributed by atoms with E-state index in [1.54, 1.807) is 4.68 Å². The zero-order chi connectivity index (χ0) is 14.0. The Kier molecular flexibility index (Phi) is 3.94. The Labute approximate surface area is 114 Å². The van der Waals surface area contributed by atoms with Gasteiger partial charge in [-0.2, -0.15) is 5.10 Å². The van der Waals surface area contributed by atoms with Crippen molar-refractivity contribution < 1.29 is 9.90 Å². The molecule has 0 aromatic carbocycles. The van der Waals surface area contributed by atoms with Crippen LogP contribution in [0.4, 0.5) is 0 Å². The minimum atomic E-state index is -0.0963. The summed E-state index contributed by atoms with van der Waals surface area (Å²) in [6.07, 6.45) is 1.99. The first-order valence-corrected chi connectivity index (χ1v) is 6.98. The molecule has 0 spiro atoms. The van der Waals surface area contributed by atoms with Gasteiger partial charge in [-0.1, -0.05) is 13.8 Å². The summed E-state index contributed by atoms with van der Waals surface area (Å²) in [5.74, 6) is 0.215. The van der Waals surface area contributed by atoms with Crippen LogP contribution in [0.3, 0.4) is 0 Å². The zero-order valence-corrected chi connectivity index (χ0v) is 11.9. The number of amides is 1. The van der Waals surface area contributed by atoms with E-state index in [4.69, 9.17) is 0 Å². The summed E-state index contributed by atoms with van der Waals surface area (Å²) in [4.78, 5) is 12.2. The van der Waals surface area contributed by atoms with Gasteiger partial charge in [-0.15, -0.1) is 0 Å². The van der Waals surface area contributed by atoms with Crippen molar-refractivity contribution in [3.63, 3.8) is 0 Å². The summed E-state index contributed by atoms with van der Waals surface area (Å²) in [6.45, 7) is 7.49. The number of aromatic nitrogens is 2. The minimum Gasteiger partial charge on any atom is -0.396 e. The SMILES string of the molecule is CCn1nc(C(C)C)cc1C(=O)NCC1(CO)CC1. The topological polar surface area (TPSA) is 67.2 Å². The van der Waals surface area contributed by atoms with Gasteiger partial charge < -0.3 is 10.4 Å². The van der Waals surface area contributed by atoms with E-state index < -0.39 is 0 Å². The molecule has 19 heavy (non-hydrogen) atoms. The lowest BCUT2D eigenvalue weighted by Crippen LogP contribution is -2.33. The molecule has 106 valence electrons. The Morgan fingerprint density at radius 3 is 2.74 bits per heavy atom. The Hall–Kier alpha value is -1.36. The fraction of sp³-hybridized carbons (Fsp3) is 0.714. The molecule has 0 saturated heterocycles. The van der Waals surface area contributed by atoms with E-state index in [2.05, 4.69) is 24.3 Å². The maximum atomic E-state index is 12.2. The van der Waals surface area contributed by atoms with E-state index in [9.17, 15) is 9.90 Å². The molecule has 0 unspecified atom stereocenters. The monoisotopic (exact) mass is 265 g/mol. The van der Waals surface area contributed by atoms with Gasteiger partial charge in [0.1, 0.15) is 5.69 Å². The minimum absolute atomic E-state index is 0.0619. The highest BCUT2D eigenvalue weighted by Gasteiger charge is 2.42. The van der Waals surface area contributed by atoms with Crippen molar-refractivity contribution in [1.82, 2.24) is 15.1 Å². The van der Waals surface area contributed by atoms with Crippen LogP contribution in [0.15, 0.2) is 6.07 Å². The highest BCUT2D eigenvalue weighted by molar-refractivity contribution is 5.92. The van der Waals surface area contributed by atoms with Crippen LogP contribution in [0.2, 0.25) is 0 Å². The van der Waals surface area contributed by atoms with Crippen LogP contribution in [0.5, 0.6) is 0 Å². The number of rotatable bonds is 6. The van der Waals surface area contributed by atoms with Crippen LogP contribution in [0, 0.1) is 5.41 Å². The number of nitrogens with zero attached hydrogens (tertiary/aromatic N) is 2. The first-order valence-electron chi connectivity index (χ1n) is 6.98. The molecular weight excluding hydrogens is 242 g/mol. The summed E-state index contributed by atoms with van der Waals surface area (Å²) in [7, 11) is 0. The number of aliphatic hydroxyl groups excluding tert-OH is 1. The molecule has 1 heterocycles. The van der Waals surface area contributed by atoms with Crippen molar-refractivity contribution >= 4 is 5.91 Å². The summed E-state index contributed by atoms with van der Waals surface area (Å²) >= 11 is 0. The number of nitrogens with one attached hydrogen (secondary N) is 1. The fourth-order valence-corrected chi connectivity index (χ4v) is 2.07. The third kappa shape index (κ3) is 2.97. The maximum Gasteiger partial charge on any atom is 0.269 e. The van der Waals surface area contributed by atoms with Crippen molar-refractivity contribution in [2.24, 2.45) is 5.41 Å². The van der Waals surface area contributed by atoms with Gasteiger partial charge >= 0.3 is 0 Å². The molecule has 1 saturated carbocycles. The Balaban J connectivity index is 2.05. The van der Waals surface area contributed by atoms with Crippen LogP contribution in [-0.4, -0.2) is 33.9 Å². The summed E-state index contributed by atoms with van der Waals surface area (Å²) in [5.41, 5.74) is 1.49. The first kappa shape index (κ1) is 14.1. The second-order valence-corrected chi connectivity index (χ2v) is 5.77. The van der Waals surface area contributed by atoms with Gasteiger partial charge in [-0.3, -0.25) is 9.48 Å². The Bertz CT molecular complexity index is 461. The molecule has 1 aliphatic carbocycles. The third-order valence-electron chi connectivity index (χ3n) is 3.84. The lowest BCUT2D eigenvalue weighted by atomic mass is 10.1. The molecule has 5 heteroatoms.